The van der Waals surface area contributed by atoms with Crippen LogP contribution >= 0.6 is 0 Å². The van der Waals surface area contributed by atoms with Crippen LogP contribution in [0.15, 0.2) is 0 Å². The highest BCUT2D eigenvalue weighted by atomic mass is 16.2. The second-order valence-electron chi connectivity index (χ2n) is 3.94. The molecule has 2 heteroatoms. The summed E-state index contributed by atoms with van der Waals surface area (Å²) in [5.41, 5.74) is 0. The van der Waals surface area contributed by atoms with Crippen LogP contribution in [0.25, 0.3) is 0 Å². The molecule has 0 bridgehead atoms. The molecule has 15 heavy (non-hydrogen) atoms. The molecular formula is C13H26NO. The second kappa shape index (κ2) is 10.0. The average Bonchev–Trinajstić information content (AvgIpc) is 2.25. The SMILES string of the molecule is [CH2]CCCCCCCC(=O)N(CC)CC. The van der Waals surface area contributed by atoms with Crippen molar-refractivity contribution >= 4 is 5.91 Å². The molecule has 0 saturated carbocycles. The van der Waals surface area contributed by atoms with Crippen molar-refractivity contribution in [1.82, 2.24) is 4.90 Å². The van der Waals surface area contributed by atoms with Gasteiger partial charge < -0.3 is 4.90 Å². The van der Waals surface area contributed by atoms with Crippen LogP contribution in [0.2, 0.25) is 0 Å². The number of carbonyl (C=O) groups excluding carboxylic acids is 1. The Bertz CT molecular complexity index is 153. The molecule has 0 aliphatic rings. The van der Waals surface area contributed by atoms with Gasteiger partial charge in [-0.3, -0.25) is 4.79 Å². The summed E-state index contributed by atoms with van der Waals surface area (Å²) >= 11 is 0. The summed E-state index contributed by atoms with van der Waals surface area (Å²) in [6.07, 6.45) is 7.75. The van der Waals surface area contributed by atoms with Crippen molar-refractivity contribution in [2.75, 3.05) is 13.1 Å². The van der Waals surface area contributed by atoms with Crippen LogP contribution in [0.4, 0.5) is 0 Å². The Kier molecular flexibility index (Phi) is 9.65. The molecule has 0 saturated heterocycles. The fraction of sp³-hybridized carbons (Fsp3) is 0.846. The smallest absolute Gasteiger partial charge is 0.222 e. The summed E-state index contributed by atoms with van der Waals surface area (Å²) in [5, 5.41) is 0. The van der Waals surface area contributed by atoms with Gasteiger partial charge in [0.2, 0.25) is 5.91 Å². The minimum absolute atomic E-state index is 0.317. The van der Waals surface area contributed by atoms with Crippen LogP contribution in [0, 0.1) is 6.92 Å². The standard InChI is InChI=1S/C13H26NO/c1-4-7-8-9-10-11-12-13(15)14(5-2)6-3/h1,4-12H2,2-3H3. The van der Waals surface area contributed by atoms with E-state index in [2.05, 4.69) is 6.92 Å². The number of nitrogens with zero attached hydrogens (tertiary/aromatic N) is 1. The van der Waals surface area contributed by atoms with Crippen molar-refractivity contribution in [3.05, 3.63) is 6.92 Å². The minimum atomic E-state index is 0.317. The third-order valence-electron chi connectivity index (χ3n) is 2.76. The van der Waals surface area contributed by atoms with E-state index in [1.165, 1.54) is 25.7 Å². The van der Waals surface area contributed by atoms with E-state index in [1.807, 2.05) is 18.7 Å². The van der Waals surface area contributed by atoms with Gasteiger partial charge in [0.1, 0.15) is 0 Å². The van der Waals surface area contributed by atoms with Crippen LogP contribution in [-0.2, 0) is 4.79 Å². The van der Waals surface area contributed by atoms with Crippen molar-refractivity contribution in [2.45, 2.75) is 58.8 Å². The highest BCUT2D eigenvalue weighted by Crippen LogP contribution is 2.08. The molecule has 0 rings (SSSR count). The summed E-state index contributed by atoms with van der Waals surface area (Å²) in [7, 11) is 0. The van der Waals surface area contributed by atoms with E-state index in [0.717, 1.165) is 32.4 Å². The van der Waals surface area contributed by atoms with E-state index in [0.29, 0.717) is 5.91 Å². The Hall–Kier alpha value is -0.530. The Morgan fingerprint density at radius 3 is 2.07 bits per heavy atom. The number of hydrogen-bond acceptors (Lipinski definition) is 1. The van der Waals surface area contributed by atoms with Crippen molar-refractivity contribution in [3.63, 3.8) is 0 Å². The Balaban J connectivity index is 3.38. The predicted octanol–water partition coefficient (Wildman–Crippen LogP) is 3.42. The third kappa shape index (κ3) is 7.40. The average molecular weight is 212 g/mol. The molecule has 0 spiro atoms. The Morgan fingerprint density at radius 2 is 1.53 bits per heavy atom. The van der Waals surface area contributed by atoms with Gasteiger partial charge in [-0.15, -0.1) is 0 Å². The summed E-state index contributed by atoms with van der Waals surface area (Å²) in [6, 6.07) is 0. The fourth-order valence-electron chi connectivity index (χ4n) is 1.72. The predicted molar refractivity (Wildman–Crippen MR) is 65.6 cm³/mol. The second-order valence-corrected chi connectivity index (χ2v) is 3.94. The van der Waals surface area contributed by atoms with E-state index in [1.54, 1.807) is 0 Å². The van der Waals surface area contributed by atoms with E-state index in [4.69, 9.17) is 0 Å². The van der Waals surface area contributed by atoms with Gasteiger partial charge in [0.25, 0.3) is 0 Å². The van der Waals surface area contributed by atoms with Gasteiger partial charge in [-0.2, -0.15) is 0 Å². The van der Waals surface area contributed by atoms with Gasteiger partial charge in [-0.1, -0.05) is 39.0 Å². The van der Waals surface area contributed by atoms with Gasteiger partial charge in [-0.25, -0.2) is 0 Å². The number of carbonyl (C=O) groups is 1. The summed E-state index contributed by atoms with van der Waals surface area (Å²) in [4.78, 5) is 13.5. The molecule has 0 aromatic rings. The van der Waals surface area contributed by atoms with Gasteiger partial charge >= 0.3 is 0 Å². The topological polar surface area (TPSA) is 20.3 Å². The minimum Gasteiger partial charge on any atom is -0.343 e. The van der Waals surface area contributed by atoms with Crippen LogP contribution < -0.4 is 0 Å². The van der Waals surface area contributed by atoms with Gasteiger partial charge in [-0.05, 0) is 20.3 Å². The lowest BCUT2D eigenvalue weighted by atomic mass is 10.1. The first-order chi connectivity index (χ1) is 7.26. The largest absolute Gasteiger partial charge is 0.343 e. The number of unbranched alkanes of at least 4 members (excludes halogenated alkanes) is 5. The normalized spacial score (nSPS) is 10.3. The molecule has 0 fully saturated rings. The van der Waals surface area contributed by atoms with Crippen molar-refractivity contribution in [3.8, 4) is 0 Å². The van der Waals surface area contributed by atoms with Crippen LogP contribution in [0.5, 0.6) is 0 Å². The molecule has 1 radical (unpaired) electrons. The molecule has 0 aliphatic carbocycles. The first-order valence-electron chi connectivity index (χ1n) is 6.33. The molecule has 2 nitrogen and oxygen atoms in total. The molecule has 0 aromatic heterocycles. The first-order valence-corrected chi connectivity index (χ1v) is 6.33. The lowest BCUT2D eigenvalue weighted by Gasteiger charge is -2.18. The number of hydrogen-bond donors (Lipinski definition) is 0. The monoisotopic (exact) mass is 212 g/mol. The third-order valence-corrected chi connectivity index (χ3v) is 2.76. The van der Waals surface area contributed by atoms with Gasteiger partial charge in [0.15, 0.2) is 0 Å². The molecule has 0 N–H and O–H groups in total. The van der Waals surface area contributed by atoms with Crippen LogP contribution in [0.1, 0.15) is 58.8 Å². The highest BCUT2D eigenvalue weighted by molar-refractivity contribution is 5.75. The van der Waals surface area contributed by atoms with Crippen molar-refractivity contribution in [1.29, 1.82) is 0 Å². The summed E-state index contributed by atoms with van der Waals surface area (Å²) < 4.78 is 0. The zero-order valence-corrected chi connectivity index (χ0v) is 10.4. The van der Waals surface area contributed by atoms with Crippen molar-refractivity contribution in [2.24, 2.45) is 0 Å². The van der Waals surface area contributed by atoms with E-state index >= 15 is 0 Å². The maximum absolute atomic E-state index is 11.6. The summed E-state index contributed by atoms with van der Waals surface area (Å²) in [5.74, 6) is 0.317. The number of amides is 1. The molecule has 0 aromatic carbocycles. The molecule has 0 atom stereocenters. The maximum atomic E-state index is 11.6. The molecule has 1 amide bonds. The quantitative estimate of drug-likeness (QED) is 0.536. The first kappa shape index (κ1) is 14.5. The zero-order valence-electron chi connectivity index (χ0n) is 10.4. The number of rotatable bonds is 9. The molecule has 0 heterocycles. The highest BCUT2D eigenvalue weighted by Gasteiger charge is 2.07. The molecule has 0 aliphatic heterocycles. The fourth-order valence-corrected chi connectivity index (χ4v) is 1.72. The van der Waals surface area contributed by atoms with E-state index in [9.17, 15) is 4.79 Å². The van der Waals surface area contributed by atoms with E-state index < -0.39 is 0 Å². The lowest BCUT2D eigenvalue weighted by Crippen LogP contribution is -2.30. The van der Waals surface area contributed by atoms with E-state index in [-0.39, 0.29) is 0 Å². The Morgan fingerprint density at radius 1 is 1.00 bits per heavy atom. The molecule has 89 valence electrons. The Labute approximate surface area is 95.0 Å². The molecule has 0 unspecified atom stereocenters. The van der Waals surface area contributed by atoms with Crippen molar-refractivity contribution < 1.29 is 4.79 Å². The maximum Gasteiger partial charge on any atom is 0.222 e. The summed E-state index contributed by atoms with van der Waals surface area (Å²) in [6.45, 7) is 9.58. The van der Waals surface area contributed by atoms with Crippen LogP contribution in [0.3, 0.4) is 0 Å². The lowest BCUT2D eigenvalue weighted by molar-refractivity contribution is -0.130. The van der Waals surface area contributed by atoms with Crippen LogP contribution in [-0.4, -0.2) is 23.9 Å². The molecular weight excluding hydrogens is 186 g/mol. The van der Waals surface area contributed by atoms with Gasteiger partial charge in [0, 0.05) is 19.5 Å². The zero-order chi connectivity index (χ0) is 11.5. The van der Waals surface area contributed by atoms with Gasteiger partial charge in [0.05, 0.1) is 0 Å².